The second kappa shape index (κ2) is 6.58. The Labute approximate surface area is 122 Å². The van der Waals surface area contributed by atoms with Crippen molar-refractivity contribution in [3.63, 3.8) is 0 Å². The number of hydrogen-bond acceptors (Lipinski definition) is 1. The maximum Gasteiger partial charge on any atom is 0.0406 e. The molecule has 0 unspecified atom stereocenters. The predicted octanol–water partition coefficient (Wildman–Crippen LogP) is 4.87. The monoisotopic (exact) mass is 277 g/mol. The number of likely N-dealkylation sites (N-methyl/N-ethyl adjacent to an activating group) is 1. The van der Waals surface area contributed by atoms with E-state index in [9.17, 15) is 0 Å². The molecule has 0 aliphatic carbocycles. The molecule has 2 rings (SSSR count). The smallest absolute Gasteiger partial charge is 0.0406 e. The van der Waals surface area contributed by atoms with Gasteiger partial charge in [0.1, 0.15) is 0 Å². The van der Waals surface area contributed by atoms with E-state index >= 15 is 0 Å². The Kier molecular flexibility index (Phi) is 5.06. The van der Waals surface area contributed by atoms with Crippen LogP contribution in [0.25, 0.3) is 5.57 Å². The summed E-state index contributed by atoms with van der Waals surface area (Å²) in [6, 6.07) is 8.36. The lowest BCUT2D eigenvalue weighted by atomic mass is 9.83. The van der Waals surface area contributed by atoms with Crippen LogP contribution in [0.3, 0.4) is 0 Å². The van der Waals surface area contributed by atoms with Crippen molar-refractivity contribution in [3.05, 3.63) is 40.4 Å². The van der Waals surface area contributed by atoms with Crippen LogP contribution < -0.4 is 0 Å². The first-order chi connectivity index (χ1) is 9.15. The maximum atomic E-state index is 6.00. The van der Waals surface area contributed by atoms with Crippen LogP contribution in [0.15, 0.2) is 29.8 Å². The molecule has 1 aliphatic heterocycles. The van der Waals surface area contributed by atoms with E-state index in [-0.39, 0.29) is 0 Å². The highest BCUT2D eigenvalue weighted by atomic mass is 35.5. The maximum absolute atomic E-state index is 6.00. The third-order valence-corrected chi connectivity index (χ3v) is 4.49. The third-order valence-electron chi connectivity index (χ3n) is 4.24. The van der Waals surface area contributed by atoms with Gasteiger partial charge in [-0.3, -0.25) is 0 Å². The summed E-state index contributed by atoms with van der Waals surface area (Å²) < 4.78 is 0. The number of nitrogens with zero attached hydrogens (tertiary/aromatic N) is 1. The van der Waals surface area contributed by atoms with Crippen molar-refractivity contribution in [1.29, 1.82) is 0 Å². The quantitative estimate of drug-likeness (QED) is 0.759. The Morgan fingerprint density at radius 3 is 2.37 bits per heavy atom. The highest BCUT2D eigenvalue weighted by Crippen LogP contribution is 2.34. The largest absolute Gasteiger partial charge is 0.302 e. The van der Waals surface area contributed by atoms with Gasteiger partial charge < -0.3 is 4.90 Å². The summed E-state index contributed by atoms with van der Waals surface area (Å²) in [6.07, 6.45) is 3.62. The molecule has 0 amide bonds. The molecule has 0 atom stereocenters. The fourth-order valence-electron chi connectivity index (χ4n) is 3.07. The van der Waals surface area contributed by atoms with Crippen molar-refractivity contribution in [1.82, 2.24) is 4.90 Å². The first-order valence-electron chi connectivity index (χ1n) is 7.32. The summed E-state index contributed by atoms with van der Waals surface area (Å²) in [4.78, 5) is 2.44. The van der Waals surface area contributed by atoms with Gasteiger partial charge in [0, 0.05) is 18.1 Å². The van der Waals surface area contributed by atoms with Gasteiger partial charge >= 0.3 is 0 Å². The molecule has 1 heterocycles. The van der Waals surface area contributed by atoms with Gasteiger partial charge in [-0.2, -0.15) is 0 Å². The van der Waals surface area contributed by atoms with E-state index in [2.05, 4.69) is 37.9 Å². The average Bonchev–Trinajstić information content (AvgIpc) is 2.42. The van der Waals surface area contributed by atoms with Gasteiger partial charge in [-0.05, 0) is 61.1 Å². The molecule has 1 aromatic rings. The van der Waals surface area contributed by atoms with Crippen molar-refractivity contribution >= 4 is 17.2 Å². The molecular formula is C17H24ClN. The van der Waals surface area contributed by atoms with E-state index in [1.807, 2.05) is 12.1 Å². The lowest BCUT2D eigenvalue weighted by Gasteiger charge is -2.32. The van der Waals surface area contributed by atoms with Gasteiger partial charge in [0.15, 0.2) is 0 Å². The first-order valence-corrected chi connectivity index (χ1v) is 7.69. The minimum Gasteiger partial charge on any atom is -0.302 e. The van der Waals surface area contributed by atoms with Gasteiger partial charge in [0.2, 0.25) is 0 Å². The van der Waals surface area contributed by atoms with E-state index in [0.717, 1.165) is 24.5 Å². The van der Waals surface area contributed by atoms with Gasteiger partial charge in [-0.25, -0.2) is 0 Å². The molecular weight excluding hydrogens is 254 g/mol. The molecule has 0 radical (unpaired) electrons. The Morgan fingerprint density at radius 2 is 1.79 bits per heavy atom. The first kappa shape index (κ1) is 14.6. The van der Waals surface area contributed by atoms with Crippen molar-refractivity contribution < 1.29 is 0 Å². The Balaban J connectivity index is 2.40. The second-order valence-electron chi connectivity index (χ2n) is 5.51. The lowest BCUT2D eigenvalue weighted by molar-refractivity contribution is 0.337. The molecule has 1 aromatic carbocycles. The minimum atomic E-state index is 0.716. The highest BCUT2D eigenvalue weighted by Gasteiger charge is 2.22. The molecule has 0 N–H and O–H groups in total. The number of benzene rings is 1. The summed E-state index contributed by atoms with van der Waals surface area (Å²) in [5.74, 6) is 0.716. The van der Waals surface area contributed by atoms with Crippen LogP contribution >= 0.6 is 11.6 Å². The lowest BCUT2D eigenvalue weighted by Crippen LogP contribution is -2.30. The van der Waals surface area contributed by atoms with Crippen molar-refractivity contribution in [3.8, 4) is 0 Å². The molecule has 0 saturated carbocycles. The molecule has 0 aromatic heterocycles. The van der Waals surface area contributed by atoms with Crippen LogP contribution in [0.1, 0.15) is 38.7 Å². The van der Waals surface area contributed by atoms with Gasteiger partial charge in [0.25, 0.3) is 0 Å². The topological polar surface area (TPSA) is 3.24 Å². The minimum absolute atomic E-state index is 0.716. The van der Waals surface area contributed by atoms with Gasteiger partial charge in [-0.1, -0.05) is 37.6 Å². The van der Waals surface area contributed by atoms with E-state index in [1.165, 1.54) is 18.4 Å². The summed E-state index contributed by atoms with van der Waals surface area (Å²) >= 11 is 6.00. The van der Waals surface area contributed by atoms with E-state index < -0.39 is 0 Å². The van der Waals surface area contributed by atoms with E-state index in [4.69, 9.17) is 11.6 Å². The SMILES string of the molecule is CCC(CC)C1=C(c2ccc(Cl)cc2)CCN(C)C1. The van der Waals surface area contributed by atoms with Crippen molar-refractivity contribution in [2.45, 2.75) is 33.1 Å². The zero-order chi connectivity index (χ0) is 13.8. The fourth-order valence-corrected chi connectivity index (χ4v) is 3.19. The van der Waals surface area contributed by atoms with Crippen LogP contribution in [0.4, 0.5) is 0 Å². The number of hydrogen-bond donors (Lipinski definition) is 0. The van der Waals surface area contributed by atoms with Crippen LogP contribution in [0.5, 0.6) is 0 Å². The third kappa shape index (κ3) is 3.40. The van der Waals surface area contributed by atoms with E-state index in [0.29, 0.717) is 5.92 Å². The van der Waals surface area contributed by atoms with Crippen molar-refractivity contribution in [2.75, 3.05) is 20.1 Å². The molecule has 0 saturated heterocycles. The molecule has 0 spiro atoms. The average molecular weight is 278 g/mol. The van der Waals surface area contributed by atoms with Gasteiger partial charge in [0.05, 0.1) is 0 Å². The van der Waals surface area contributed by atoms with Gasteiger partial charge in [-0.15, -0.1) is 0 Å². The molecule has 0 bridgehead atoms. The Hall–Kier alpha value is -0.790. The standard InChI is InChI=1S/C17H24ClN/c1-4-13(5-2)17-12-19(3)11-10-16(17)14-6-8-15(18)9-7-14/h6-9,13H,4-5,10-12H2,1-3H3. The van der Waals surface area contributed by atoms with Crippen LogP contribution in [0.2, 0.25) is 5.02 Å². The Morgan fingerprint density at radius 1 is 1.16 bits per heavy atom. The zero-order valence-electron chi connectivity index (χ0n) is 12.2. The molecule has 2 heteroatoms. The molecule has 1 aliphatic rings. The fraction of sp³-hybridized carbons (Fsp3) is 0.529. The second-order valence-corrected chi connectivity index (χ2v) is 5.95. The van der Waals surface area contributed by atoms with Crippen LogP contribution in [0, 0.1) is 5.92 Å². The zero-order valence-corrected chi connectivity index (χ0v) is 13.0. The summed E-state index contributed by atoms with van der Waals surface area (Å²) in [6.45, 7) is 6.87. The normalized spacial score (nSPS) is 17.3. The molecule has 104 valence electrons. The number of halogens is 1. The summed E-state index contributed by atoms with van der Waals surface area (Å²) in [7, 11) is 2.22. The molecule has 1 nitrogen and oxygen atoms in total. The summed E-state index contributed by atoms with van der Waals surface area (Å²) in [5.41, 5.74) is 4.56. The van der Waals surface area contributed by atoms with Crippen LogP contribution in [-0.4, -0.2) is 25.0 Å². The molecule has 0 fully saturated rings. The Bertz CT molecular complexity index is 443. The predicted molar refractivity (Wildman–Crippen MR) is 84.6 cm³/mol. The molecule has 19 heavy (non-hydrogen) atoms. The van der Waals surface area contributed by atoms with Crippen LogP contribution in [-0.2, 0) is 0 Å². The number of rotatable bonds is 4. The summed E-state index contributed by atoms with van der Waals surface area (Å²) in [5, 5.41) is 0.821. The highest BCUT2D eigenvalue weighted by molar-refractivity contribution is 6.30. The van der Waals surface area contributed by atoms with Crippen molar-refractivity contribution in [2.24, 2.45) is 5.92 Å². The van der Waals surface area contributed by atoms with E-state index in [1.54, 1.807) is 11.1 Å².